The van der Waals surface area contributed by atoms with Crippen LogP contribution in [0.5, 0.6) is 0 Å². The largest absolute Gasteiger partial charge is 0.384 e. The average Bonchev–Trinajstić information content (AvgIpc) is 2.23. The molecular weight excluding hydrogens is 204 g/mol. The molecule has 1 aromatic rings. The highest BCUT2D eigenvalue weighted by Crippen LogP contribution is 2.41. The summed E-state index contributed by atoms with van der Waals surface area (Å²) in [4.78, 5) is 0. The fraction of sp³-hybridized carbons (Fsp3) is 0.538. The zero-order chi connectivity index (χ0) is 10.9. The van der Waals surface area contributed by atoms with Crippen LogP contribution in [0.1, 0.15) is 30.9 Å². The van der Waals surface area contributed by atoms with Gasteiger partial charge in [-0.05, 0) is 31.1 Å². The lowest BCUT2D eigenvalue weighted by Gasteiger charge is -2.38. The SMILES string of the molecule is Cc1ccc(C2(O)CCCSC2C)cc1. The predicted octanol–water partition coefficient (Wildman–Crippen LogP) is 3.10. The summed E-state index contributed by atoms with van der Waals surface area (Å²) in [5, 5.41) is 11.0. The van der Waals surface area contributed by atoms with E-state index in [1.807, 2.05) is 11.8 Å². The van der Waals surface area contributed by atoms with Gasteiger partial charge in [0.2, 0.25) is 0 Å². The number of rotatable bonds is 1. The maximum Gasteiger partial charge on any atom is 0.101 e. The Morgan fingerprint density at radius 1 is 1.33 bits per heavy atom. The molecule has 1 aromatic carbocycles. The fourth-order valence-electron chi connectivity index (χ4n) is 2.16. The second kappa shape index (κ2) is 4.18. The van der Waals surface area contributed by atoms with E-state index in [-0.39, 0.29) is 0 Å². The van der Waals surface area contributed by atoms with E-state index in [1.54, 1.807) is 0 Å². The normalized spacial score (nSPS) is 31.5. The Morgan fingerprint density at radius 2 is 2.00 bits per heavy atom. The zero-order valence-corrected chi connectivity index (χ0v) is 10.2. The number of hydrogen-bond donors (Lipinski definition) is 1. The molecule has 2 unspecified atom stereocenters. The average molecular weight is 222 g/mol. The Morgan fingerprint density at radius 3 is 2.60 bits per heavy atom. The molecule has 82 valence electrons. The number of thioether (sulfide) groups is 1. The zero-order valence-electron chi connectivity index (χ0n) is 9.36. The third kappa shape index (κ3) is 2.06. The van der Waals surface area contributed by atoms with Crippen molar-refractivity contribution in [2.24, 2.45) is 0 Å². The maximum absolute atomic E-state index is 10.7. The molecule has 1 aliphatic heterocycles. The molecule has 0 radical (unpaired) electrons. The van der Waals surface area contributed by atoms with Crippen LogP contribution < -0.4 is 0 Å². The van der Waals surface area contributed by atoms with Gasteiger partial charge >= 0.3 is 0 Å². The van der Waals surface area contributed by atoms with Crippen molar-refractivity contribution in [3.8, 4) is 0 Å². The monoisotopic (exact) mass is 222 g/mol. The van der Waals surface area contributed by atoms with Crippen molar-refractivity contribution in [3.63, 3.8) is 0 Å². The second-order valence-electron chi connectivity index (χ2n) is 4.41. The first kappa shape index (κ1) is 11.0. The molecule has 1 aliphatic rings. The van der Waals surface area contributed by atoms with Gasteiger partial charge in [0, 0.05) is 5.25 Å². The van der Waals surface area contributed by atoms with E-state index >= 15 is 0 Å². The molecule has 2 rings (SSSR count). The number of hydrogen-bond acceptors (Lipinski definition) is 2. The predicted molar refractivity (Wildman–Crippen MR) is 66.2 cm³/mol. The molecule has 0 amide bonds. The maximum atomic E-state index is 10.7. The van der Waals surface area contributed by atoms with Crippen LogP contribution in [0.2, 0.25) is 0 Å². The lowest BCUT2D eigenvalue weighted by atomic mass is 9.86. The summed E-state index contributed by atoms with van der Waals surface area (Å²) in [5.41, 5.74) is 1.71. The smallest absolute Gasteiger partial charge is 0.101 e. The number of aliphatic hydroxyl groups is 1. The molecule has 15 heavy (non-hydrogen) atoms. The van der Waals surface area contributed by atoms with E-state index in [4.69, 9.17) is 0 Å². The van der Waals surface area contributed by atoms with Gasteiger partial charge in [0.15, 0.2) is 0 Å². The fourth-order valence-corrected chi connectivity index (χ4v) is 3.36. The minimum Gasteiger partial charge on any atom is -0.384 e. The molecule has 0 spiro atoms. The van der Waals surface area contributed by atoms with Crippen LogP contribution in [0.15, 0.2) is 24.3 Å². The standard InChI is InChI=1S/C13H18OS/c1-10-4-6-12(7-5-10)13(14)8-3-9-15-11(13)2/h4-7,11,14H,3,8-9H2,1-2H3. The van der Waals surface area contributed by atoms with Gasteiger partial charge in [0.05, 0.1) is 0 Å². The summed E-state index contributed by atoms with van der Waals surface area (Å²) in [5.74, 6) is 1.18. The van der Waals surface area contributed by atoms with Crippen molar-refractivity contribution in [2.75, 3.05) is 5.75 Å². The van der Waals surface area contributed by atoms with Gasteiger partial charge < -0.3 is 5.11 Å². The summed E-state index contributed by atoms with van der Waals surface area (Å²) in [6.07, 6.45) is 2.00. The second-order valence-corrected chi connectivity index (χ2v) is 5.86. The highest BCUT2D eigenvalue weighted by Gasteiger charge is 2.37. The highest BCUT2D eigenvalue weighted by molar-refractivity contribution is 8.00. The summed E-state index contributed by atoms with van der Waals surface area (Å²) in [6.45, 7) is 4.20. The molecule has 0 aromatic heterocycles. The van der Waals surface area contributed by atoms with Crippen molar-refractivity contribution < 1.29 is 5.11 Å². The Labute approximate surface area is 95.9 Å². The first-order valence-electron chi connectivity index (χ1n) is 5.54. The van der Waals surface area contributed by atoms with Crippen molar-refractivity contribution in [2.45, 2.75) is 37.5 Å². The molecule has 1 N–H and O–H groups in total. The summed E-state index contributed by atoms with van der Waals surface area (Å²) in [7, 11) is 0. The molecule has 1 fully saturated rings. The number of aryl methyl sites for hydroxylation is 1. The first-order valence-corrected chi connectivity index (χ1v) is 6.59. The lowest BCUT2D eigenvalue weighted by molar-refractivity contribution is 0.0254. The quantitative estimate of drug-likeness (QED) is 0.788. The van der Waals surface area contributed by atoms with Gasteiger partial charge in [-0.1, -0.05) is 36.8 Å². The van der Waals surface area contributed by atoms with Crippen molar-refractivity contribution >= 4 is 11.8 Å². The van der Waals surface area contributed by atoms with Crippen LogP contribution in [-0.2, 0) is 5.60 Å². The summed E-state index contributed by atoms with van der Waals surface area (Å²) >= 11 is 1.87. The van der Waals surface area contributed by atoms with Gasteiger partial charge in [-0.2, -0.15) is 11.8 Å². The molecule has 1 nitrogen and oxygen atoms in total. The van der Waals surface area contributed by atoms with E-state index < -0.39 is 5.60 Å². The van der Waals surface area contributed by atoms with E-state index in [9.17, 15) is 5.11 Å². The van der Waals surface area contributed by atoms with Gasteiger partial charge in [-0.3, -0.25) is 0 Å². The van der Waals surface area contributed by atoms with E-state index in [1.165, 1.54) is 11.3 Å². The van der Waals surface area contributed by atoms with Crippen LogP contribution >= 0.6 is 11.8 Å². The Hall–Kier alpha value is -0.470. The van der Waals surface area contributed by atoms with Crippen molar-refractivity contribution in [1.82, 2.24) is 0 Å². The molecule has 0 saturated carbocycles. The molecule has 2 heteroatoms. The van der Waals surface area contributed by atoms with Gasteiger partial charge in [0.1, 0.15) is 5.60 Å². The number of benzene rings is 1. The highest BCUT2D eigenvalue weighted by atomic mass is 32.2. The molecule has 0 aliphatic carbocycles. The summed E-state index contributed by atoms with van der Waals surface area (Å²) in [6, 6.07) is 8.30. The third-order valence-corrected chi connectivity index (χ3v) is 4.71. The van der Waals surface area contributed by atoms with Crippen molar-refractivity contribution in [3.05, 3.63) is 35.4 Å². The Balaban J connectivity index is 2.30. The Bertz CT molecular complexity index is 333. The Kier molecular flexibility index (Phi) is 3.08. The van der Waals surface area contributed by atoms with Crippen LogP contribution in [0.4, 0.5) is 0 Å². The van der Waals surface area contributed by atoms with Crippen molar-refractivity contribution in [1.29, 1.82) is 0 Å². The van der Waals surface area contributed by atoms with Crippen LogP contribution in [0.25, 0.3) is 0 Å². The lowest BCUT2D eigenvalue weighted by Crippen LogP contribution is -2.38. The minimum atomic E-state index is -0.614. The van der Waals surface area contributed by atoms with E-state index in [0.717, 1.165) is 18.4 Å². The first-order chi connectivity index (χ1) is 7.13. The van der Waals surface area contributed by atoms with Crippen LogP contribution in [-0.4, -0.2) is 16.1 Å². The molecule has 2 atom stereocenters. The minimum absolute atomic E-state index is 0.300. The van der Waals surface area contributed by atoms with Gasteiger partial charge in [-0.15, -0.1) is 0 Å². The van der Waals surface area contributed by atoms with E-state index in [0.29, 0.717) is 5.25 Å². The summed E-state index contributed by atoms with van der Waals surface area (Å²) < 4.78 is 0. The van der Waals surface area contributed by atoms with E-state index in [2.05, 4.69) is 38.1 Å². The molecule has 0 bridgehead atoms. The van der Waals surface area contributed by atoms with Crippen LogP contribution in [0, 0.1) is 6.92 Å². The molecule has 1 saturated heterocycles. The third-order valence-electron chi connectivity index (χ3n) is 3.29. The molecular formula is C13H18OS. The van der Waals surface area contributed by atoms with Gasteiger partial charge in [0.25, 0.3) is 0 Å². The van der Waals surface area contributed by atoms with Gasteiger partial charge in [-0.25, -0.2) is 0 Å². The topological polar surface area (TPSA) is 20.2 Å². The van der Waals surface area contributed by atoms with Crippen LogP contribution in [0.3, 0.4) is 0 Å². The molecule has 1 heterocycles.